The number of ketones is 1. The Labute approximate surface area is 84.8 Å². The Kier molecular flexibility index (Phi) is 6.47. The second kappa shape index (κ2) is 7.14. The van der Waals surface area contributed by atoms with Crippen LogP contribution in [0.1, 0.15) is 33.1 Å². The molecule has 0 radical (unpaired) electrons. The Bertz CT molecular complexity index is 241. The zero-order valence-corrected chi connectivity index (χ0v) is 8.92. The zero-order valence-electron chi connectivity index (χ0n) is 8.92. The van der Waals surface area contributed by atoms with Crippen molar-refractivity contribution >= 4 is 11.8 Å². The Morgan fingerprint density at radius 2 is 2.07 bits per heavy atom. The lowest BCUT2D eigenvalue weighted by Gasteiger charge is -2.10. The summed E-state index contributed by atoms with van der Waals surface area (Å²) in [5.74, 6) is 4.39. The van der Waals surface area contributed by atoms with Gasteiger partial charge in [-0.2, -0.15) is 0 Å². The fraction of sp³-hybridized carbons (Fsp3) is 0.636. The summed E-state index contributed by atoms with van der Waals surface area (Å²) in [5, 5.41) is 0. The minimum absolute atomic E-state index is 0.0743. The topological polar surface area (TPSA) is 43.4 Å². The molecule has 0 bridgehead atoms. The summed E-state index contributed by atoms with van der Waals surface area (Å²) < 4.78 is 4.56. The Balaban J connectivity index is 4.29. The molecule has 1 unspecified atom stereocenters. The van der Waals surface area contributed by atoms with E-state index in [2.05, 4.69) is 16.6 Å². The van der Waals surface area contributed by atoms with Crippen molar-refractivity contribution in [1.29, 1.82) is 0 Å². The van der Waals surface area contributed by atoms with E-state index in [1.807, 2.05) is 0 Å². The summed E-state index contributed by atoms with van der Waals surface area (Å²) in [6.07, 6.45) is 1.38. The predicted molar refractivity (Wildman–Crippen MR) is 53.5 cm³/mol. The van der Waals surface area contributed by atoms with E-state index in [4.69, 9.17) is 0 Å². The maximum absolute atomic E-state index is 11.4. The molecule has 0 amide bonds. The number of hydrogen-bond donors (Lipinski definition) is 0. The zero-order chi connectivity index (χ0) is 11.0. The average Bonchev–Trinajstić information content (AvgIpc) is 2.22. The molecule has 0 aliphatic carbocycles. The number of methoxy groups -OCH3 is 1. The van der Waals surface area contributed by atoms with E-state index in [9.17, 15) is 9.59 Å². The molecular formula is C11H16O3. The molecule has 0 aromatic rings. The highest BCUT2D eigenvalue weighted by Crippen LogP contribution is 2.11. The van der Waals surface area contributed by atoms with Crippen LogP contribution in [0.5, 0.6) is 0 Å². The van der Waals surface area contributed by atoms with Gasteiger partial charge in [0.15, 0.2) is 0 Å². The van der Waals surface area contributed by atoms with Crippen molar-refractivity contribution < 1.29 is 14.3 Å². The van der Waals surface area contributed by atoms with Crippen molar-refractivity contribution in [3.63, 3.8) is 0 Å². The number of Topliss-reactive ketones (excluding diaryl/α,β-unsaturated/α-hetero) is 1. The Hall–Kier alpha value is -1.30. The third-order valence-electron chi connectivity index (χ3n) is 1.96. The van der Waals surface area contributed by atoms with Crippen LogP contribution in [0.25, 0.3) is 0 Å². The molecule has 0 fully saturated rings. The van der Waals surface area contributed by atoms with Gasteiger partial charge in [0.25, 0.3) is 0 Å². The molecule has 0 rings (SSSR count). The van der Waals surface area contributed by atoms with E-state index in [1.54, 1.807) is 13.8 Å². The molecule has 14 heavy (non-hydrogen) atoms. The van der Waals surface area contributed by atoms with Crippen LogP contribution in [0.4, 0.5) is 0 Å². The second-order valence-electron chi connectivity index (χ2n) is 2.86. The number of rotatable bonds is 5. The number of ether oxygens (including phenoxy) is 1. The van der Waals surface area contributed by atoms with Crippen molar-refractivity contribution in [1.82, 2.24) is 0 Å². The normalized spacial score (nSPS) is 11.1. The molecule has 3 heteroatoms. The van der Waals surface area contributed by atoms with Crippen LogP contribution in [0.3, 0.4) is 0 Å². The van der Waals surface area contributed by atoms with E-state index < -0.39 is 11.9 Å². The lowest BCUT2D eigenvalue weighted by atomic mass is 9.97. The van der Waals surface area contributed by atoms with E-state index in [1.165, 1.54) is 7.11 Å². The van der Waals surface area contributed by atoms with Crippen molar-refractivity contribution in [2.24, 2.45) is 5.92 Å². The van der Waals surface area contributed by atoms with Gasteiger partial charge in [-0.3, -0.25) is 9.59 Å². The number of carbonyl (C=O) groups is 2. The summed E-state index contributed by atoms with van der Waals surface area (Å²) in [6.45, 7) is 3.47. The molecule has 0 saturated carbocycles. The first-order chi connectivity index (χ1) is 6.67. The second-order valence-corrected chi connectivity index (χ2v) is 2.86. The van der Waals surface area contributed by atoms with Crippen molar-refractivity contribution in [3.8, 4) is 11.8 Å². The van der Waals surface area contributed by atoms with Crippen LogP contribution < -0.4 is 0 Å². The molecule has 0 aliphatic heterocycles. The molecule has 0 aliphatic rings. The van der Waals surface area contributed by atoms with Gasteiger partial charge in [0.1, 0.15) is 11.7 Å². The van der Waals surface area contributed by atoms with Crippen LogP contribution in [0.15, 0.2) is 0 Å². The predicted octanol–water partition coefficient (Wildman–Crippen LogP) is 1.56. The SMILES string of the molecule is CC#CCCC(C(=O)CC)C(=O)OC. The molecular weight excluding hydrogens is 180 g/mol. The summed E-state index contributed by atoms with van der Waals surface area (Å²) >= 11 is 0. The standard InChI is InChI=1S/C11H16O3/c1-4-6-7-8-9(10(12)5-2)11(13)14-3/h9H,5,7-8H2,1-3H3. The first-order valence-electron chi connectivity index (χ1n) is 4.67. The number of hydrogen-bond acceptors (Lipinski definition) is 3. The van der Waals surface area contributed by atoms with Gasteiger partial charge in [-0.05, 0) is 13.3 Å². The van der Waals surface area contributed by atoms with E-state index in [-0.39, 0.29) is 5.78 Å². The van der Waals surface area contributed by atoms with Crippen molar-refractivity contribution in [2.45, 2.75) is 33.1 Å². The summed E-state index contributed by atoms with van der Waals surface area (Å²) in [6, 6.07) is 0. The quantitative estimate of drug-likeness (QED) is 0.381. The van der Waals surface area contributed by atoms with Crippen molar-refractivity contribution in [2.75, 3.05) is 7.11 Å². The minimum Gasteiger partial charge on any atom is -0.468 e. The minimum atomic E-state index is -0.633. The molecule has 0 saturated heterocycles. The van der Waals surface area contributed by atoms with Crippen LogP contribution in [0, 0.1) is 17.8 Å². The molecule has 0 aromatic heterocycles. The third kappa shape index (κ3) is 4.08. The van der Waals surface area contributed by atoms with Gasteiger partial charge in [-0.15, -0.1) is 11.8 Å². The number of esters is 1. The van der Waals surface area contributed by atoms with Gasteiger partial charge >= 0.3 is 5.97 Å². The highest BCUT2D eigenvalue weighted by atomic mass is 16.5. The monoisotopic (exact) mass is 196 g/mol. The summed E-state index contributed by atoms with van der Waals surface area (Å²) in [7, 11) is 1.30. The molecule has 0 aromatic carbocycles. The van der Waals surface area contributed by atoms with E-state index >= 15 is 0 Å². The van der Waals surface area contributed by atoms with Crippen molar-refractivity contribution in [3.05, 3.63) is 0 Å². The fourth-order valence-electron chi connectivity index (χ4n) is 1.14. The lowest BCUT2D eigenvalue weighted by Crippen LogP contribution is -2.24. The first-order valence-corrected chi connectivity index (χ1v) is 4.67. The average molecular weight is 196 g/mol. The van der Waals surface area contributed by atoms with Crippen LogP contribution in [-0.2, 0) is 14.3 Å². The van der Waals surface area contributed by atoms with E-state index in [0.29, 0.717) is 19.3 Å². The lowest BCUT2D eigenvalue weighted by molar-refractivity contribution is -0.149. The highest BCUT2D eigenvalue weighted by Gasteiger charge is 2.24. The van der Waals surface area contributed by atoms with Gasteiger partial charge in [0, 0.05) is 12.8 Å². The molecule has 0 spiro atoms. The largest absolute Gasteiger partial charge is 0.468 e. The first kappa shape index (κ1) is 12.7. The maximum Gasteiger partial charge on any atom is 0.316 e. The van der Waals surface area contributed by atoms with Gasteiger partial charge < -0.3 is 4.74 Å². The molecule has 1 atom stereocenters. The van der Waals surface area contributed by atoms with Crippen LogP contribution in [0.2, 0.25) is 0 Å². The Morgan fingerprint density at radius 1 is 1.43 bits per heavy atom. The fourth-order valence-corrected chi connectivity index (χ4v) is 1.14. The summed E-state index contributed by atoms with van der Waals surface area (Å²) in [5.41, 5.74) is 0. The van der Waals surface area contributed by atoms with Gasteiger partial charge in [-0.25, -0.2) is 0 Å². The number of carbonyl (C=O) groups excluding carboxylic acids is 2. The van der Waals surface area contributed by atoms with Gasteiger partial charge in [0.2, 0.25) is 0 Å². The van der Waals surface area contributed by atoms with Crippen LogP contribution in [-0.4, -0.2) is 18.9 Å². The highest BCUT2D eigenvalue weighted by molar-refractivity contribution is 5.98. The smallest absolute Gasteiger partial charge is 0.316 e. The molecule has 78 valence electrons. The van der Waals surface area contributed by atoms with Crippen LogP contribution >= 0.6 is 0 Å². The summed E-state index contributed by atoms with van der Waals surface area (Å²) in [4.78, 5) is 22.6. The maximum atomic E-state index is 11.4. The van der Waals surface area contributed by atoms with Gasteiger partial charge in [-0.1, -0.05) is 6.92 Å². The van der Waals surface area contributed by atoms with Gasteiger partial charge in [0.05, 0.1) is 7.11 Å². The Morgan fingerprint density at radius 3 is 2.50 bits per heavy atom. The van der Waals surface area contributed by atoms with E-state index in [0.717, 1.165) is 0 Å². The molecule has 3 nitrogen and oxygen atoms in total. The molecule has 0 N–H and O–H groups in total. The third-order valence-corrected chi connectivity index (χ3v) is 1.96. The molecule has 0 heterocycles.